The van der Waals surface area contributed by atoms with Crippen LogP contribution in [0.25, 0.3) is 0 Å². The summed E-state index contributed by atoms with van der Waals surface area (Å²) in [4.78, 5) is 4.37. The summed E-state index contributed by atoms with van der Waals surface area (Å²) in [5.74, 6) is 0.919. The van der Waals surface area contributed by atoms with Gasteiger partial charge in [0.2, 0.25) is 0 Å². The van der Waals surface area contributed by atoms with Gasteiger partial charge in [0.15, 0.2) is 5.96 Å². The van der Waals surface area contributed by atoms with Crippen LogP contribution in [-0.4, -0.2) is 51.5 Å². The van der Waals surface area contributed by atoms with Crippen LogP contribution in [0.3, 0.4) is 0 Å². The molecule has 0 amide bonds. The minimum absolute atomic E-state index is 0. The van der Waals surface area contributed by atoms with E-state index in [2.05, 4.69) is 22.5 Å². The molecule has 23 heavy (non-hydrogen) atoms. The molecule has 5 nitrogen and oxygen atoms in total. The quantitative estimate of drug-likeness (QED) is 0.264. The Hall–Kier alpha value is -0.0800. The predicted molar refractivity (Wildman–Crippen MR) is 106 cm³/mol. The van der Waals surface area contributed by atoms with Crippen LogP contribution in [0.5, 0.6) is 0 Å². The van der Waals surface area contributed by atoms with Crippen molar-refractivity contribution in [2.24, 2.45) is 10.4 Å². The fraction of sp³-hybridized carbons (Fsp3) is 0.941. The lowest BCUT2D eigenvalue weighted by molar-refractivity contribution is -0.125. The van der Waals surface area contributed by atoms with Crippen molar-refractivity contribution in [1.82, 2.24) is 10.6 Å². The Morgan fingerprint density at radius 3 is 2.57 bits per heavy atom. The lowest BCUT2D eigenvalue weighted by Gasteiger charge is -2.54. The van der Waals surface area contributed by atoms with Crippen molar-refractivity contribution in [3.63, 3.8) is 0 Å². The number of aliphatic imine (C=N–C) groups is 1. The molecule has 2 aliphatic rings. The summed E-state index contributed by atoms with van der Waals surface area (Å²) in [6, 6.07) is 0.504. The molecular formula is C17H34IN3O2. The number of nitrogens with one attached hydrogen (secondary N) is 2. The molecule has 136 valence electrons. The van der Waals surface area contributed by atoms with Gasteiger partial charge in [0.05, 0.1) is 6.10 Å². The van der Waals surface area contributed by atoms with Crippen LogP contribution in [0.15, 0.2) is 4.99 Å². The molecule has 0 aromatic carbocycles. The van der Waals surface area contributed by atoms with Crippen LogP contribution in [-0.2, 0) is 9.47 Å². The molecule has 2 rings (SSSR count). The Kier molecular flexibility index (Phi) is 9.77. The fourth-order valence-electron chi connectivity index (χ4n) is 3.97. The van der Waals surface area contributed by atoms with E-state index in [0.717, 1.165) is 45.2 Å². The van der Waals surface area contributed by atoms with E-state index in [1.165, 1.54) is 25.7 Å². The molecule has 2 saturated carbocycles. The molecule has 2 fully saturated rings. The molecule has 0 aromatic heterocycles. The van der Waals surface area contributed by atoms with Crippen molar-refractivity contribution in [2.45, 2.75) is 64.5 Å². The van der Waals surface area contributed by atoms with Crippen molar-refractivity contribution in [2.75, 3.05) is 33.4 Å². The first-order valence-corrected chi connectivity index (χ1v) is 8.93. The monoisotopic (exact) mass is 439 g/mol. The average molecular weight is 439 g/mol. The van der Waals surface area contributed by atoms with E-state index in [9.17, 15) is 0 Å². The van der Waals surface area contributed by atoms with Crippen LogP contribution in [0.1, 0.15) is 52.4 Å². The van der Waals surface area contributed by atoms with E-state index in [-0.39, 0.29) is 24.0 Å². The van der Waals surface area contributed by atoms with Crippen molar-refractivity contribution < 1.29 is 9.47 Å². The molecule has 2 atom stereocenters. The van der Waals surface area contributed by atoms with Gasteiger partial charge in [0, 0.05) is 44.9 Å². The fourth-order valence-corrected chi connectivity index (χ4v) is 3.97. The van der Waals surface area contributed by atoms with E-state index in [1.807, 2.05) is 14.0 Å². The number of hydrogen-bond acceptors (Lipinski definition) is 3. The SMILES string of the molecule is CCOCCCNC(=NC)NC1CC(OCC)C12CCCC2.I. The average Bonchev–Trinajstić information content (AvgIpc) is 3.04. The van der Waals surface area contributed by atoms with E-state index in [0.29, 0.717) is 17.6 Å². The zero-order valence-corrected chi connectivity index (χ0v) is 17.2. The molecule has 0 radical (unpaired) electrons. The Bertz CT molecular complexity index is 360. The van der Waals surface area contributed by atoms with Crippen molar-refractivity contribution in [3.05, 3.63) is 0 Å². The maximum Gasteiger partial charge on any atom is 0.191 e. The van der Waals surface area contributed by atoms with Gasteiger partial charge in [0.25, 0.3) is 0 Å². The summed E-state index contributed by atoms with van der Waals surface area (Å²) in [6.07, 6.45) is 7.80. The van der Waals surface area contributed by atoms with Gasteiger partial charge in [-0.05, 0) is 39.5 Å². The first-order chi connectivity index (χ1) is 10.8. The Balaban J connectivity index is 0.00000264. The van der Waals surface area contributed by atoms with Gasteiger partial charge in [0.1, 0.15) is 0 Å². The Labute approximate surface area is 158 Å². The summed E-state index contributed by atoms with van der Waals surface area (Å²) in [6.45, 7) is 7.44. The molecule has 0 heterocycles. The Morgan fingerprint density at radius 2 is 1.96 bits per heavy atom. The molecule has 0 aromatic rings. The first kappa shape index (κ1) is 21.0. The summed E-state index contributed by atoms with van der Waals surface area (Å²) in [7, 11) is 1.85. The van der Waals surface area contributed by atoms with Gasteiger partial charge in [-0.15, -0.1) is 24.0 Å². The third kappa shape index (κ3) is 5.19. The highest BCUT2D eigenvalue weighted by Gasteiger charge is 2.56. The molecule has 1 spiro atoms. The molecule has 0 saturated heterocycles. The summed E-state index contributed by atoms with van der Waals surface area (Å²) in [5, 5.41) is 7.03. The lowest BCUT2D eigenvalue weighted by Crippen LogP contribution is -2.65. The van der Waals surface area contributed by atoms with Crippen LogP contribution >= 0.6 is 24.0 Å². The number of guanidine groups is 1. The molecular weight excluding hydrogens is 405 g/mol. The minimum Gasteiger partial charge on any atom is -0.382 e. The lowest BCUT2D eigenvalue weighted by atomic mass is 9.60. The number of hydrogen-bond donors (Lipinski definition) is 2. The first-order valence-electron chi connectivity index (χ1n) is 8.93. The maximum atomic E-state index is 5.97. The second kappa shape index (κ2) is 10.7. The molecule has 6 heteroatoms. The summed E-state index contributed by atoms with van der Waals surface area (Å²) in [5.41, 5.74) is 0.346. The molecule has 0 aliphatic heterocycles. The van der Waals surface area contributed by atoms with Crippen molar-refractivity contribution in [3.8, 4) is 0 Å². The highest BCUT2D eigenvalue weighted by Crippen LogP contribution is 2.54. The topological polar surface area (TPSA) is 54.9 Å². The molecule has 0 bridgehead atoms. The number of ether oxygens (including phenoxy) is 2. The van der Waals surface area contributed by atoms with Crippen LogP contribution in [0, 0.1) is 5.41 Å². The van der Waals surface area contributed by atoms with Crippen LogP contribution in [0.2, 0.25) is 0 Å². The molecule has 2 aliphatic carbocycles. The third-order valence-electron chi connectivity index (χ3n) is 5.18. The smallest absolute Gasteiger partial charge is 0.191 e. The van der Waals surface area contributed by atoms with Gasteiger partial charge < -0.3 is 20.1 Å². The zero-order valence-electron chi connectivity index (χ0n) is 14.9. The third-order valence-corrected chi connectivity index (χ3v) is 5.18. The summed E-state index contributed by atoms with van der Waals surface area (Å²) < 4.78 is 11.3. The zero-order chi connectivity index (χ0) is 15.8. The van der Waals surface area contributed by atoms with E-state index >= 15 is 0 Å². The van der Waals surface area contributed by atoms with E-state index in [4.69, 9.17) is 9.47 Å². The van der Waals surface area contributed by atoms with Crippen molar-refractivity contribution in [1.29, 1.82) is 0 Å². The van der Waals surface area contributed by atoms with E-state index < -0.39 is 0 Å². The number of rotatable bonds is 8. The normalized spacial score (nSPS) is 25.8. The number of halogens is 1. The maximum absolute atomic E-state index is 5.97. The van der Waals surface area contributed by atoms with E-state index in [1.54, 1.807) is 0 Å². The van der Waals surface area contributed by atoms with Crippen LogP contribution < -0.4 is 10.6 Å². The second-order valence-electron chi connectivity index (χ2n) is 6.37. The van der Waals surface area contributed by atoms with Gasteiger partial charge in [-0.25, -0.2) is 0 Å². The van der Waals surface area contributed by atoms with Crippen LogP contribution in [0.4, 0.5) is 0 Å². The summed E-state index contributed by atoms with van der Waals surface area (Å²) >= 11 is 0. The van der Waals surface area contributed by atoms with Crippen molar-refractivity contribution >= 4 is 29.9 Å². The largest absolute Gasteiger partial charge is 0.382 e. The minimum atomic E-state index is 0. The highest BCUT2D eigenvalue weighted by molar-refractivity contribution is 14.0. The standard InChI is InChI=1S/C17H33N3O2.HI/c1-4-21-12-8-11-19-16(18-3)20-14-13-15(22-5-2)17(14)9-6-7-10-17;/h14-15H,4-13H2,1-3H3,(H2,18,19,20);1H. The Morgan fingerprint density at radius 1 is 1.22 bits per heavy atom. The highest BCUT2D eigenvalue weighted by atomic mass is 127. The molecule has 2 N–H and O–H groups in total. The van der Waals surface area contributed by atoms with Gasteiger partial charge in [-0.2, -0.15) is 0 Å². The second-order valence-corrected chi connectivity index (χ2v) is 6.37. The van der Waals surface area contributed by atoms with Gasteiger partial charge in [-0.3, -0.25) is 4.99 Å². The van der Waals surface area contributed by atoms with Gasteiger partial charge >= 0.3 is 0 Å². The van der Waals surface area contributed by atoms with Gasteiger partial charge in [-0.1, -0.05) is 12.8 Å². The number of nitrogens with zero attached hydrogens (tertiary/aromatic N) is 1. The molecule has 2 unspecified atom stereocenters. The predicted octanol–water partition coefficient (Wildman–Crippen LogP) is 2.93.